The Kier molecular flexibility index (Phi) is 6.14. The number of nitrogens with zero attached hydrogens (tertiary/aromatic N) is 3. The van der Waals surface area contributed by atoms with Crippen molar-refractivity contribution < 1.29 is 14.6 Å². The first-order chi connectivity index (χ1) is 8.60. The van der Waals surface area contributed by atoms with Gasteiger partial charge in [0.15, 0.2) is 5.16 Å². The number of hydrogen-bond donors (Lipinski definition) is 1. The Balaban J connectivity index is 2.83. The van der Waals surface area contributed by atoms with Crippen LogP contribution in [0.4, 0.5) is 0 Å². The molecule has 1 atom stereocenters. The molecule has 0 fully saturated rings. The van der Waals surface area contributed by atoms with Crippen LogP contribution in [0.15, 0.2) is 5.16 Å². The third-order valence-electron chi connectivity index (χ3n) is 2.38. The van der Waals surface area contributed by atoms with Crippen molar-refractivity contribution in [3.05, 3.63) is 5.82 Å². The van der Waals surface area contributed by atoms with Crippen LogP contribution < -0.4 is 0 Å². The van der Waals surface area contributed by atoms with E-state index in [0.717, 1.165) is 12.2 Å². The van der Waals surface area contributed by atoms with Crippen molar-refractivity contribution in [3.63, 3.8) is 0 Å². The van der Waals surface area contributed by atoms with E-state index in [0.29, 0.717) is 18.4 Å². The first-order valence-electron chi connectivity index (χ1n) is 5.96. The summed E-state index contributed by atoms with van der Waals surface area (Å²) in [5.41, 5.74) is 0. The van der Waals surface area contributed by atoms with Crippen molar-refractivity contribution in [3.8, 4) is 0 Å². The van der Waals surface area contributed by atoms with E-state index in [1.54, 1.807) is 0 Å². The molecule has 6 nitrogen and oxygen atoms in total. The smallest absolute Gasteiger partial charge is 0.313 e. The number of hydrogen-bond acceptors (Lipinski definition) is 5. The lowest BCUT2D eigenvalue weighted by Crippen LogP contribution is -2.16. The van der Waals surface area contributed by atoms with Gasteiger partial charge in [0.25, 0.3) is 0 Å². The van der Waals surface area contributed by atoms with E-state index in [4.69, 9.17) is 9.84 Å². The average molecular weight is 273 g/mol. The lowest BCUT2D eigenvalue weighted by molar-refractivity contribution is -0.133. The standard InChI is InChI=1S/C11H19N3O3S/c1-4-9-12-13-11(18-7-10(15)16)14(9)8(3)6-17-5-2/h8H,4-7H2,1-3H3,(H,15,16). The van der Waals surface area contributed by atoms with E-state index in [1.807, 2.05) is 25.3 Å². The molecular formula is C11H19N3O3S. The second kappa shape index (κ2) is 7.38. The average Bonchev–Trinajstić information content (AvgIpc) is 2.76. The molecule has 0 aromatic carbocycles. The summed E-state index contributed by atoms with van der Waals surface area (Å²) < 4.78 is 7.36. The predicted octanol–water partition coefficient (Wildman–Crippen LogP) is 1.61. The molecule has 1 aromatic rings. The van der Waals surface area contributed by atoms with Gasteiger partial charge in [-0.05, 0) is 13.8 Å². The van der Waals surface area contributed by atoms with Crippen molar-refractivity contribution in [2.24, 2.45) is 0 Å². The number of rotatable bonds is 8. The van der Waals surface area contributed by atoms with E-state index in [9.17, 15) is 4.79 Å². The third-order valence-corrected chi connectivity index (χ3v) is 3.31. The topological polar surface area (TPSA) is 77.2 Å². The number of carboxylic acid groups (broad SMARTS) is 1. The van der Waals surface area contributed by atoms with Gasteiger partial charge in [-0.1, -0.05) is 18.7 Å². The van der Waals surface area contributed by atoms with Crippen molar-refractivity contribution in [1.29, 1.82) is 0 Å². The van der Waals surface area contributed by atoms with Gasteiger partial charge in [-0.15, -0.1) is 10.2 Å². The van der Waals surface area contributed by atoms with Crippen LogP contribution in [-0.4, -0.2) is 44.8 Å². The van der Waals surface area contributed by atoms with Gasteiger partial charge in [0.2, 0.25) is 0 Å². The Morgan fingerprint density at radius 1 is 1.50 bits per heavy atom. The third kappa shape index (κ3) is 3.99. The lowest BCUT2D eigenvalue weighted by atomic mass is 10.3. The van der Waals surface area contributed by atoms with Crippen LogP contribution in [0.3, 0.4) is 0 Å². The quantitative estimate of drug-likeness (QED) is 0.725. The Bertz CT molecular complexity index is 395. The van der Waals surface area contributed by atoms with Gasteiger partial charge in [0, 0.05) is 13.0 Å². The zero-order valence-electron chi connectivity index (χ0n) is 10.9. The second-order valence-electron chi connectivity index (χ2n) is 3.81. The van der Waals surface area contributed by atoms with Crippen molar-refractivity contribution >= 4 is 17.7 Å². The van der Waals surface area contributed by atoms with Gasteiger partial charge in [0.1, 0.15) is 5.82 Å². The highest BCUT2D eigenvalue weighted by Crippen LogP contribution is 2.22. The number of aryl methyl sites for hydroxylation is 1. The van der Waals surface area contributed by atoms with Crippen molar-refractivity contribution in [2.45, 2.75) is 38.4 Å². The summed E-state index contributed by atoms with van der Waals surface area (Å²) in [5, 5.41) is 17.5. The molecule has 1 N–H and O–H groups in total. The largest absolute Gasteiger partial charge is 0.481 e. The van der Waals surface area contributed by atoms with E-state index in [2.05, 4.69) is 10.2 Å². The molecule has 0 spiro atoms. The van der Waals surface area contributed by atoms with Crippen LogP contribution >= 0.6 is 11.8 Å². The molecule has 102 valence electrons. The SMILES string of the molecule is CCOCC(C)n1c(CC)nnc1SCC(=O)O. The fourth-order valence-electron chi connectivity index (χ4n) is 1.58. The maximum absolute atomic E-state index is 10.6. The van der Waals surface area contributed by atoms with Crippen LogP contribution in [0, 0.1) is 0 Å². The summed E-state index contributed by atoms with van der Waals surface area (Å²) in [6.45, 7) is 7.19. The molecule has 18 heavy (non-hydrogen) atoms. The number of ether oxygens (including phenoxy) is 1. The first-order valence-corrected chi connectivity index (χ1v) is 6.94. The fourth-order valence-corrected chi connectivity index (χ4v) is 2.35. The van der Waals surface area contributed by atoms with Crippen molar-refractivity contribution in [2.75, 3.05) is 19.0 Å². The molecule has 0 radical (unpaired) electrons. The number of carboxylic acids is 1. The summed E-state index contributed by atoms with van der Waals surface area (Å²) in [4.78, 5) is 10.6. The van der Waals surface area contributed by atoms with Crippen LogP contribution in [0.25, 0.3) is 0 Å². The van der Waals surface area contributed by atoms with Crippen LogP contribution in [-0.2, 0) is 16.0 Å². The Morgan fingerprint density at radius 2 is 2.22 bits per heavy atom. The lowest BCUT2D eigenvalue weighted by Gasteiger charge is -2.17. The van der Waals surface area contributed by atoms with Crippen molar-refractivity contribution in [1.82, 2.24) is 14.8 Å². The molecule has 0 aliphatic heterocycles. The second-order valence-corrected chi connectivity index (χ2v) is 4.76. The van der Waals surface area contributed by atoms with Gasteiger partial charge in [-0.3, -0.25) is 4.79 Å². The van der Waals surface area contributed by atoms with Gasteiger partial charge in [-0.2, -0.15) is 0 Å². The van der Waals surface area contributed by atoms with Gasteiger partial charge in [-0.25, -0.2) is 0 Å². The number of carbonyl (C=O) groups is 1. The Hall–Kier alpha value is -1.08. The minimum atomic E-state index is -0.856. The van der Waals surface area contributed by atoms with E-state index in [1.165, 1.54) is 11.8 Å². The molecule has 1 rings (SSSR count). The summed E-state index contributed by atoms with van der Waals surface area (Å²) >= 11 is 1.19. The normalized spacial score (nSPS) is 12.6. The minimum Gasteiger partial charge on any atom is -0.481 e. The molecule has 0 aliphatic carbocycles. The summed E-state index contributed by atoms with van der Waals surface area (Å²) in [7, 11) is 0. The monoisotopic (exact) mass is 273 g/mol. The maximum atomic E-state index is 10.6. The molecule has 7 heteroatoms. The Morgan fingerprint density at radius 3 is 2.78 bits per heavy atom. The van der Waals surface area contributed by atoms with Gasteiger partial charge >= 0.3 is 5.97 Å². The number of aromatic nitrogens is 3. The van der Waals surface area contributed by atoms with E-state index >= 15 is 0 Å². The number of thioether (sulfide) groups is 1. The van der Waals surface area contributed by atoms with E-state index in [-0.39, 0.29) is 11.8 Å². The summed E-state index contributed by atoms with van der Waals surface area (Å²) in [6.07, 6.45) is 0.761. The highest BCUT2D eigenvalue weighted by molar-refractivity contribution is 7.99. The Labute approximate surface area is 111 Å². The van der Waals surface area contributed by atoms with Gasteiger partial charge in [0.05, 0.1) is 18.4 Å². The minimum absolute atomic E-state index is 0.0107. The fraction of sp³-hybridized carbons (Fsp3) is 0.727. The summed E-state index contributed by atoms with van der Waals surface area (Å²) in [5.74, 6) is -0.0106. The highest BCUT2D eigenvalue weighted by Gasteiger charge is 2.17. The van der Waals surface area contributed by atoms with Gasteiger partial charge < -0.3 is 14.4 Å². The maximum Gasteiger partial charge on any atom is 0.313 e. The first kappa shape index (κ1) is 15.0. The molecule has 1 heterocycles. The van der Waals surface area contributed by atoms with Crippen LogP contribution in [0.2, 0.25) is 0 Å². The molecule has 0 bridgehead atoms. The highest BCUT2D eigenvalue weighted by atomic mass is 32.2. The molecule has 0 amide bonds. The zero-order valence-corrected chi connectivity index (χ0v) is 11.7. The molecule has 0 saturated carbocycles. The molecule has 1 unspecified atom stereocenters. The predicted molar refractivity (Wildman–Crippen MR) is 69.0 cm³/mol. The van der Waals surface area contributed by atoms with Crippen LogP contribution in [0.5, 0.6) is 0 Å². The summed E-state index contributed by atoms with van der Waals surface area (Å²) in [6, 6.07) is 0.103. The molecule has 0 saturated heterocycles. The van der Waals surface area contributed by atoms with Crippen LogP contribution in [0.1, 0.15) is 32.6 Å². The van der Waals surface area contributed by atoms with E-state index < -0.39 is 5.97 Å². The molecular weight excluding hydrogens is 254 g/mol. The molecule has 0 aliphatic rings. The zero-order chi connectivity index (χ0) is 13.5. The number of aliphatic carboxylic acids is 1. The molecule has 1 aromatic heterocycles.